The van der Waals surface area contributed by atoms with Crippen molar-refractivity contribution in [1.82, 2.24) is 9.88 Å². The molecule has 3 heterocycles. The molecule has 0 bridgehead atoms. The number of ether oxygens (including phenoxy) is 3. The number of benzene rings is 1. The molecular formula is C22H26N2O4. The predicted molar refractivity (Wildman–Crippen MR) is 105 cm³/mol. The molecule has 0 N–H and O–H groups in total. The van der Waals surface area contributed by atoms with Crippen LogP contribution in [0.3, 0.4) is 0 Å². The van der Waals surface area contributed by atoms with Gasteiger partial charge in [-0.15, -0.1) is 0 Å². The Bertz CT molecular complexity index is 833. The quantitative estimate of drug-likeness (QED) is 0.795. The van der Waals surface area contributed by atoms with Crippen molar-refractivity contribution in [3.63, 3.8) is 0 Å². The van der Waals surface area contributed by atoms with Crippen LogP contribution in [-0.4, -0.2) is 49.3 Å². The SMILES string of the molecule is COc1ccc2c(c1)CCN(C(=O)c1ccnc(OCC3CCOCC3)c1)C2. The molecule has 1 saturated heterocycles. The van der Waals surface area contributed by atoms with E-state index >= 15 is 0 Å². The van der Waals surface area contributed by atoms with Crippen LogP contribution in [0, 0.1) is 5.92 Å². The van der Waals surface area contributed by atoms with Crippen molar-refractivity contribution in [3.05, 3.63) is 53.2 Å². The van der Waals surface area contributed by atoms with Crippen LogP contribution in [0.25, 0.3) is 0 Å². The van der Waals surface area contributed by atoms with E-state index in [0.717, 1.165) is 38.2 Å². The van der Waals surface area contributed by atoms with E-state index in [2.05, 4.69) is 11.1 Å². The van der Waals surface area contributed by atoms with Gasteiger partial charge in [-0.05, 0) is 54.5 Å². The van der Waals surface area contributed by atoms with Gasteiger partial charge < -0.3 is 19.1 Å². The Kier molecular flexibility index (Phi) is 5.76. The van der Waals surface area contributed by atoms with E-state index in [1.54, 1.807) is 25.4 Å². The van der Waals surface area contributed by atoms with Crippen molar-refractivity contribution in [2.45, 2.75) is 25.8 Å². The molecule has 0 atom stereocenters. The molecule has 2 aliphatic heterocycles. The smallest absolute Gasteiger partial charge is 0.254 e. The minimum Gasteiger partial charge on any atom is -0.497 e. The zero-order valence-electron chi connectivity index (χ0n) is 16.2. The second-order valence-corrected chi connectivity index (χ2v) is 7.36. The highest BCUT2D eigenvalue weighted by molar-refractivity contribution is 5.94. The molecule has 2 aromatic rings. The molecule has 0 radical (unpaired) electrons. The standard InChI is InChI=1S/C22H26N2O4/c1-26-20-3-2-19-14-24(9-5-17(19)12-20)22(25)18-4-8-23-21(13-18)28-15-16-6-10-27-11-7-16/h2-4,8,12-13,16H,5-7,9-11,14-15H2,1H3. The number of methoxy groups -OCH3 is 1. The lowest BCUT2D eigenvalue weighted by Crippen LogP contribution is -2.36. The third kappa shape index (κ3) is 4.28. The van der Waals surface area contributed by atoms with Crippen molar-refractivity contribution in [3.8, 4) is 11.6 Å². The van der Waals surface area contributed by atoms with Crippen molar-refractivity contribution in [1.29, 1.82) is 0 Å². The summed E-state index contributed by atoms with van der Waals surface area (Å²) in [7, 11) is 1.67. The van der Waals surface area contributed by atoms with Crippen LogP contribution >= 0.6 is 0 Å². The summed E-state index contributed by atoms with van der Waals surface area (Å²) >= 11 is 0. The number of amides is 1. The van der Waals surface area contributed by atoms with Crippen LogP contribution in [-0.2, 0) is 17.7 Å². The lowest BCUT2D eigenvalue weighted by molar-refractivity contribution is 0.0490. The van der Waals surface area contributed by atoms with Crippen molar-refractivity contribution >= 4 is 5.91 Å². The Morgan fingerprint density at radius 3 is 2.89 bits per heavy atom. The first-order valence-corrected chi connectivity index (χ1v) is 9.84. The average Bonchev–Trinajstić information content (AvgIpc) is 2.77. The van der Waals surface area contributed by atoms with Crippen molar-refractivity contribution in [2.75, 3.05) is 33.5 Å². The number of pyridine rings is 1. The normalized spacial score (nSPS) is 17.1. The van der Waals surface area contributed by atoms with Gasteiger partial charge >= 0.3 is 0 Å². The van der Waals surface area contributed by atoms with Gasteiger partial charge in [0, 0.05) is 44.1 Å². The van der Waals surface area contributed by atoms with Gasteiger partial charge in [-0.2, -0.15) is 0 Å². The summed E-state index contributed by atoms with van der Waals surface area (Å²) in [6, 6.07) is 9.56. The third-order valence-corrected chi connectivity index (χ3v) is 5.50. The Hall–Kier alpha value is -2.60. The lowest BCUT2D eigenvalue weighted by Gasteiger charge is -2.29. The Balaban J connectivity index is 1.40. The fraction of sp³-hybridized carbons (Fsp3) is 0.455. The molecule has 148 valence electrons. The summed E-state index contributed by atoms with van der Waals surface area (Å²) in [5, 5.41) is 0. The van der Waals surface area contributed by atoms with Crippen LogP contribution in [0.5, 0.6) is 11.6 Å². The molecular weight excluding hydrogens is 356 g/mol. The van der Waals surface area contributed by atoms with Gasteiger partial charge in [0.25, 0.3) is 5.91 Å². The Labute approximate surface area is 165 Å². The number of rotatable bonds is 5. The van der Waals surface area contributed by atoms with E-state index in [1.165, 1.54) is 11.1 Å². The summed E-state index contributed by atoms with van der Waals surface area (Å²) in [5.74, 6) is 1.88. The summed E-state index contributed by atoms with van der Waals surface area (Å²) < 4.78 is 16.5. The number of hydrogen-bond acceptors (Lipinski definition) is 5. The average molecular weight is 382 g/mol. The van der Waals surface area contributed by atoms with Gasteiger partial charge in [0.2, 0.25) is 5.88 Å². The highest BCUT2D eigenvalue weighted by Crippen LogP contribution is 2.25. The zero-order valence-corrected chi connectivity index (χ0v) is 16.2. The molecule has 2 aliphatic rings. The minimum absolute atomic E-state index is 0.0137. The molecule has 6 heteroatoms. The fourth-order valence-corrected chi connectivity index (χ4v) is 3.75. The molecule has 28 heavy (non-hydrogen) atoms. The molecule has 1 aromatic heterocycles. The highest BCUT2D eigenvalue weighted by Gasteiger charge is 2.23. The van der Waals surface area contributed by atoms with E-state index in [1.807, 2.05) is 17.0 Å². The van der Waals surface area contributed by atoms with E-state index in [-0.39, 0.29) is 5.91 Å². The van der Waals surface area contributed by atoms with Crippen LogP contribution in [0.1, 0.15) is 34.3 Å². The fourth-order valence-electron chi connectivity index (χ4n) is 3.75. The number of nitrogens with zero attached hydrogens (tertiary/aromatic N) is 2. The summed E-state index contributed by atoms with van der Waals surface area (Å²) in [5.41, 5.74) is 3.04. The first-order chi connectivity index (χ1) is 13.7. The van der Waals surface area contributed by atoms with Gasteiger partial charge in [-0.3, -0.25) is 4.79 Å². The van der Waals surface area contributed by atoms with Gasteiger partial charge in [-0.25, -0.2) is 4.98 Å². The Morgan fingerprint density at radius 1 is 1.21 bits per heavy atom. The number of fused-ring (bicyclic) bond motifs is 1. The van der Waals surface area contributed by atoms with Crippen molar-refractivity contribution in [2.24, 2.45) is 5.92 Å². The maximum absolute atomic E-state index is 13.0. The molecule has 1 aromatic carbocycles. The van der Waals surface area contributed by atoms with Crippen LogP contribution in [0.4, 0.5) is 0 Å². The summed E-state index contributed by atoms with van der Waals surface area (Å²) in [6.07, 6.45) is 4.50. The first-order valence-electron chi connectivity index (χ1n) is 9.84. The van der Waals surface area contributed by atoms with E-state index in [9.17, 15) is 4.79 Å². The first kappa shape index (κ1) is 18.7. The summed E-state index contributed by atoms with van der Waals surface area (Å²) in [4.78, 5) is 19.1. The number of hydrogen-bond donors (Lipinski definition) is 0. The molecule has 6 nitrogen and oxygen atoms in total. The summed E-state index contributed by atoms with van der Waals surface area (Å²) in [6.45, 7) is 3.51. The maximum atomic E-state index is 13.0. The van der Waals surface area contributed by atoms with Gasteiger partial charge in [0.05, 0.1) is 13.7 Å². The van der Waals surface area contributed by atoms with E-state index in [0.29, 0.717) is 37.1 Å². The molecule has 1 amide bonds. The third-order valence-electron chi connectivity index (χ3n) is 5.50. The highest BCUT2D eigenvalue weighted by atomic mass is 16.5. The molecule has 4 rings (SSSR count). The van der Waals surface area contributed by atoms with Crippen LogP contribution in [0.15, 0.2) is 36.5 Å². The second kappa shape index (κ2) is 8.61. The molecule has 0 aliphatic carbocycles. The molecule has 0 unspecified atom stereocenters. The lowest BCUT2D eigenvalue weighted by atomic mass is 9.99. The second-order valence-electron chi connectivity index (χ2n) is 7.36. The van der Waals surface area contributed by atoms with Crippen LogP contribution < -0.4 is 9.47 Å². The monoisotopic (exact) mass is 382 g/mol. The van der Waals surface area contributed by atoms with Gasteiger partial charge in [0.15, 0.2) is 0 Å². The van der Waals surface area contributed by atoms with Gasteiger partial charge in [0.1, 0.15) is 5.75 Å². The van der Waals surface area contributed by atoms with Crippen LogP contribution in [0.2, 0.25) is 0 Å². The number of aromatic nitrogens is 1. The Morgan fingerprint density at radius 2 is 2.07 bits per heavy atom. The number of carbonyl (C=O) groups excluding carboxylic acids is 1. The molecule has 0 saturated carbocycles. The molecule has 0 spiro atoms. The number of carbonyl (C=O) groups is 1. The van der Waals surface area contributed by atoms with Gasteiger partial charge in [-0.1, -0.05) is 6.07 Å². The zero-order chi connectivity index (χ0) is 19.3. The largest absolute Gasteiger partial charge is 0.497 e. The molecule has 1 fully saturated rings. The minimum atomic E-state index is 0.0137. The van der Waals surface area contributed by atoms with E-state index < -0.39 is 0 Å². The van der Waals surface area contributed by atoms with Crippen molar-refractivity contribution < 1.29 is 19.0 Å². The van der Waals surface area contributed by atoms with E-state index in [4.69, 9.17) is 14.2 Å². The predicted octanol–water partition coefficient (Wildman–Crippen LogP) is 3.09. The maximum Gasteiger partial charge on any atom is 0.254 e. The topological polar surface area (TPSA) is 60.9 Å².